The number of hydrogen-bond donors (Lipinski definition) is 1. The molecule has 0 aromatic rings. The summed E-state index contributed by atoms with van der Waals surface area (Å²) in [4.78, 5) is 42.5. The molecule has 0 saturated carbocycles. The lowest BCUT2D eigenvalue weighted by atomic mass is 9.85. The molecule has 1 N–H and O–H groups in total. The largest absolute Gasteiger partial charge is 0.354 e. The number of carbonyl (C=O) groups excluding carboxylic acids is 3. The Labute approximate surface area is 168 Å². The summed E-state index contributed by atoms with van der Waals surface area (Å²) in [6, 6.07) is -0.680. The van der Waals surface area contributed by atoms with Gasteiger partial charge in [-0.1, -0.05) is 32.4 Å². The minimum Gasteiger partial charge on any atom is -0.354 e. The Kier molecular flexibility index (Phi) is 7.27. The lowest BCUT2D eigenvalue weighted by Gasteiger charge is -2.28. The Morgan fingerprint density at radius 3 is 2.25 bits per heavy atom. The van der Waals surface area contributed by atoms with Gasteiger partial charge in [-0.2, -0.15) is 0 Å². The van der Waals surface area contributed by atoms with Gasteiger partial charge in [-0.25, -0.2) is 0 Å². The number of piperidine rings is 1. The van der Waals surface area contributed by atoms with E-state index in [1.807, 2.05) is 26.0 Å². The summed E-state index contributed by atoms with van der Waals surface area (Å²) in [6.45, 7) is 7.93. The van der Waals surface area contributed by atoms with Crippen molar-refractivity contribution in [3.05, 3.63) is 12.2 Å². The van der Waals surface area contributed by atoms with Crippen LogP contribution in [0.2, 0.25) is 0 Å². The molecule has 2 fully saturated rings. The van der Waals surface area contributed by atoms with Crippen LogP contribution in [-0.2, 0) is 14.4 Å². The van der Waals surface area contributed by atoms with Crippen LogP contribution in [0.1, 0.15) is 58.8 Å². The number of imide groups is 1. The molecule has 3 unspecified atom stereocenters. The molecule has 1 aliphatic carbocycles. The smallest absolute Gasteiger partial charge is 0.243 e. The second-order valence-corrected chi connectivity index (χ2v) is 8.89. The molecular weight excluding hydrogens is 354 g/mol. The van der Waals surface area contributed by atoms with Crippen LogP contribution in [0, 0.1) is 17.8 Å². The molecule has 2 aliphatic heterocycles. The molecule has 0 radical (unpaired) electrons. The average Bonchev–Trinajstić information content (AvgIpc) is 2.95. The first-order valence-electron chi connectivity index (χ1n) is 11.0. The summed E-state index contributed by atoms with van der Waals surface area (Å²) in [5.74, 6) is -0.828. The molecule has 6 nitrogen and oxygen atoms in total. The van der Waals surface area contributed by atoms with E-state index in [0.717, 1.165) is 26.1 Å². The maximum absolute atomic E-state index is 12.9. The van der Waals surface area contributed by atoms with Gasteiger partial charge in [0, 0.05) is 6.54 Å². The number of hydrogen-bond acceptors (Lipinski definition) is 4. The monoisotopic (exact) mass is 389 g/mol. The molecule has 0 aromatic carbocycles. The van der Waals surface area contributed by atoms with Crippen LogP contribution in [0.5, 0.6) is 0 Å². The van der Waals surface area contributed by atoms with E-state index in [4.69, 9.17) is 0 Å². The van der Waals surface area contributed by atoms with Gasteiger partial charge in [0.2, 0.25) is 17.7 Å². The number of nitrogens with zero attached hydrogens (tertiary/aromatic N) is 2. The van der Waals surface area contributed by atoms with Crippen molar-refractivity contribution in [2.24, 2.45) is 17.8 Å². The van der Waals surface area contributed by atoms with Gasteiger partial charge in [-0.05, 0) is 64.1 Å². The van der Waals surface area contributed by atoms with Crippen LogP contribution < -0.4 is 5.32 Å². The summed E-state index contributed by atoms with van der Waals surface area (Å²) < 4.78 is 0. The first-order valence-corrected chi connectivity index (χ1v) is 11.0. The molecule has 28 heavy (non-hydrogen) atoms. The van der Waals surface area contributed by atoms with Gasteiger partial charge in [0.15, 0.2) is 0 Å². The third-order valence-electron chi connectivity index (χ3n) is 6.25. The highest BCUT2D eigenvalue weighted by Crippen LogP contribution is 2.37. The third-order valence-corrected chi connectivity index (χ3v) is 6.25. The van der Waals surface area contributed by atoms with Crippen LogP contribution in [0.15, 0.2) is 12.2 Å². The zero-order valence-corrected chi connectivity index (χ0v) is 17.4. The van der Waals surface area contributed by atoms with Crippen molar-refractivity contribution in [1.29, 1.82) is 0 Å². The van der Waals surface area contributed by atoms with Crippen LogP contribution in [-0.4, -0.2) is 59.7 Å². The number of fused-ring (bicyclic) bond motifs is 1. The highest BCUT2D eigenvalue weighted by molar-refractivity contribution is 6.08. The van der Waals surface area contributed by atoms with Crippen molar-refractivity contribution >= 4 is 17.7 Å². The number of carbonyl (C=O) groups is 3. The average molecular weight is 390 g/mol. The molecule has 2 heterocycles. The molecule has 0 bridgehead atoms. The van der Waals surface area contributed by atoms with E-state index >= 15 is 0 Å². The highest BCUT2D eigenvalue weighted by atomic mass is 16.2. The number of nitrogens with one attached hydrogen (secondary N) is 1. The van der Waals surface area contributed by atoms with Gasteiger partial charge < -0.3 is 10.2 Å². The fraction of sp³-hybridized carbons (Fsp3) is 0.773. The summed E-state index contributed by atoms with van der Waals surface area (Å²) in [5, 5.41) is 3.00. The van der Waals surface area contributed by atoms with Crippen molar-refractivity contribution in [2.75, 3.05) is 26.2 Å². The molecule has 3 amide bonds. The minimum absolute atomic E-state index is 0.159. The van der Waals surface area contributed by atoms with Gasteiger partial charge in [0.05, 0.1) is 11.8 Å². The fourth-order valence-electron chi connectivity index (χ4n) is 4.72. The Morgan fingerprint density at radius 1 is 1.07 bits per heavy atom. The van der Waals surface area contributed by atoms with E-state index in [9.17, 15) is 14.4 Å². The predicted octanol–water partition coefficient (Wildman–Crippen LogP) is 2.34. The van der Waals surface area contributed by atoms with E-state index in [1.165, 1.54) is 24.2 Å². The first-order chi connectivity index (χ1) is 13.5. The van der Waals surface area contributed by atoms with Gasteiger partial charge >= 0.3 is 0 Å². The molecule has 0 spiro atoms. The molecule has 3 rings (SSSR count). The third kappa shape index (κ3) is 4.83. The zero-order valence-electron chi connectivity index (χ0n) is 17.4. The molecule has 3 aliphatic rings. The minimum atomic E-state index is -0.680. The molecule has 156 valence electrons. The summed E-state index contributed by atoms with van der Waals surface area (Å²) >= 11 is 0. The molecule has 3 atom stereocenters. The SMILES string of the molecule is CC(C)CC(C(=O)NCCCN1CCCCC1)N1C(=O)C2CC=CCC2C1=O. The lowest BCUT2D eigenvalue weighted by molar-refractivity contribution is -0.148. The molecule has 6 heteroatoms. The van der Waals surface area contributed by atoms with E-state index in [-0.39, 0.29) is 35.5 Å². The van der Waals surface area contributed by atoms with Gasteiger partial charge in [0.25, 0.3) is 0 Å². The maximum Gasteiger partial charge on any atom is 0.243 e. The number of amides is 3. The molecule has 2 saturated heterocycles. The normalized spacial score (nSPS) is 26.6. The van der Waals surface area contributed by atoms with E-state index in [0.29, 0.717) is 25.8 Å². The topological polar surface area (TPSA) is 69.7 Å². The van der Waals surface area contributed by atoms with Crippen molar-refractivity contribution in [3.63, 3.8) is 0 Å². The number of rotatable bonds is 8. The predicted molar refractivity (Wildman–Crippen MR) is 108 cm³/mol. The van der Waals surface area contributed by atoms with E-state index < -0.39 is 6.04 Å². The van der Waals surface area contributed by atoms with Crippen LogP contribution >= 0.6 is 0 Å². The Morgan fingerprint density at radius 2 is 1.68 bits per heavy atom. The first kappa shape index (κ1) is 21.0. The summed E-state index contributed by atoms with van der Waals surface area (Å²) in [6.07, 6.45) is 10.4. The van der Waals surface area contributed by atoms with E-state index in [2.05, 4.69) is 10.2 Å². The quantitative estimate of drug-likeness (QED) is 0.393. The van der Waals surface area contributed by atoms with Crippen molar-refractivity contribution in [1.82, 2.24) is 15.1 Å². The van der Waals surface area contributed by atoms with Crippen molar-refractivity contribution in [3.8, 4) is 0 Å². The summed E-state index contributed by atoms with van der Waals surface area (Å²) in [5.41, 5.74) is 0. The highest BCUT2D eigenvalue weighted by Gasteiger charge is 2.51. The van der Waals surface area contributed by atoms with Gasteiger partial charge in [0.1, 0.15) is 6.04 Å². The van der Waals surface area contributed by atoms with Crippen LogP contribution in [0.4, 0.5) is 0 Å². The van der Waals surface area contributed by atoms with E-state index in [1.54, 1.807) is 0 Å². The zero-order chi connectivity index (χ0) is 20.1. The fourth-order valence-corrected chi connectivity index (χ4v) is 4.72. The van der Waals surface area contributed by atoms with Gasteiger partial charge in [-0.3, -0.25) is 19.3 Å². The second-order valence-electron chi connectivity index (χ2n) is 8.89. The number of likely N-dealkylation sites (tertiary alicyclic amines) is 2. The Bertz CT molecular complexity index is 584. The molecular formula is C22H35N3O3. The number of allylic oxidation sites excluding steroid dienone is 2. The Hall–Kier alpha value is -1.69. The lowest BCUT2D eigenvalue weighted by Crippen LogP contribution is -2.51. The summed E-state index contributed by atoms with van der Waals surface area (Å²) in [7, 11) is 0. The standard InChI is InChI=1S/C22H35N3O3/c1-16(2)15-19(20(26)23-11-8-14-24-12-6-3-7-13-24)25-21(27)17-9-4-5-10-18(17)22(25)28/h4-5,16-19H,3,6-15H2,1-2H3,(H,23,26). The van der Waals surface area contributed by atoms with Crippen LogP contribution in [0.25, 0.3) is 0 Å². The molecule has 0 aromatic heterocycles. The maximum atomic E-state index is 12.9. The van der Waals surface area contributed by atoms with Crippen molar-refractivity contribution < 1.29 is 14.4 Å². The van der Waals surface area contributed by atoms with Gasteiger partial charge in [-0.15, -0.1) is 0 Å². The second kappa shape index (κ2) is 9.68. The Balaban J connectivity index is 1.57. The van der Waals surface area contributed by atoms with Crippen LogP contribution in [0.3, 0.4) is 0 Å². The van der Waals surface area contributed by atoms with Crippen molar-refractivity contribution in [2.45, 2.75) is 64.8 Å².